The monoisotopic (exact) mass is 493 g/mol. The molecule has 0 aliphatic carbocycles. The predicted molar refractivity (Wildman–Crippen MR) is 117 cm³/mol. The zero-order valence-corrected chi connectivity index (χ0v) is 18.5. The van der Waals surface area contributed by atoms with Gasteiger partial charge in [-0.3, -0.25) is 4.68 Å². The molecule has 4 aromatic rings. The summed E-state index contributed by atoms with van der Waals surface area (Å²) < 4.78 is 47.6. The van der Waals surface area contributed by atoms with Crippen LogP contribution in [0.25, 0.3) is 22.5 Å². The fourth-order valence-corrected chi connectivity index (χ4v) is 3.78. The molecule has 34 heavy (non-hydrogen) atoms. The first-order valence-corrected chi connectivity index (χ1v) is 10.4. The summed E-state index contributed by atoms with van der Waals surface area (Å²) in [6.07, 6.45) is 5.69. The topological polar surface area (TPSA) is 111 Å². The second-order valence-corrected chi connectivity index (χ2v) is 7.75. The number of ether oxygens (including phenoxy) is 1. The van der Waals surface area contributed by atoms with E-state index in [9.17, 15) is 18.4 Å². The Morgan fingerprint density at radius 3 is 2.68 bits per heavy atom. The summed E-state index contributed by atoms with van der Waals surface area (Å²) in [5.41, 5.74) is 6.99. The zero-order chi connectivity index (χ0) is 24.4. The van der Waals surface area contributed by atoms with Crippen LogP contribution in [0.2, 0.25) is 5.02 Å². The van der Waals surface area contributed by atoms with Gasteiger partial charge in [0.05, 0.1) is 29.0 Å². The molecule has 178 valence electrons. The van der Waals surface area contributed by atoms with Crippen LogP contribution < -0.4 is 10.5 Å². The Morgan fingerprint density at radius 1 is 1.21 bits per heavy atom. The van der Waals surface area contributed by atoms with E-state index in [-0.39, 0.29) is 40.6 Å². The summed E-state index contributed by atoms with van der Waals surface area (Å²) in [7, 11) is 1.71. The smallest absolute Gasteiger partial charge is 0.345 e. The van der Waals surface area contributed by atoms with Gasteiger partial charge in [0.1, 0.15) is 12.4 Å². The Morgan fingerprint density at radius 2 is 2.00 bits per heavy atom. The molecule has 0 saturated carbocycles. The first-order chi connectivity index (χ1) is 16.3. The highest BCUT2D eigenvalue weighted by molar-refractivity contribution is 6.31. The third-order valence-electron chi connectivity index (χ3n) is 5.23. The Labute approximate surface area is 196 Å². The van der Waals surface area contributed by atoms with Gasteiger partial charge in [-0.05, 0) is 18.2 Å². The largest absolute Gasteiger partial charge is 0.618 e. The van der Waals surface area contributed by atoms with Crippen LogP contribution in [0.3, 0.4) is 0 Å². The molecule has 1 aromatic carbocycles. The molecule has 0 unspecified atom stereocenters. The molecule has 2 N–H and O–H groups in total. The molecule has 0 radical (unpaired) electrons. The second-order valence-electron chi connectivity index (χ2n) is 7.35. The van der Waals surface area contributed by atoms with Gasteiger partial charge in [0.15, 0.2) is 17.8 Å². The molecule has 0 aliphatic rings. The van der Waals surface area contributed by atoms with Gasteiger partial charge in [-0.2, -0.15) is 23.7 Å². The van der Waals surface area contributed by atoms with Gasteiger partial charge >= 0.3 is 6.61 Å². The Balaban J connectivity index is 1.72. The molecule has 0 saturated heterocycles. The summed E-state index contributed by atoms with van der Waals surface area (Å²) in [5.74, 6) is -0.220. The average molecular weight is 494 g/mol. The SMILES string of the molecule is Cn1ncnc1-c1cnn([C@@H](CCOC(F)F)c2ccc(-c3c(N)ccc(Cl)c3F)c[n+]2[O-])c1. The highest BCUT2D eigenvalue weighted by Crippen LogP contribution is 2.33. The number of anilines is 1. The number of pyridine rings is 1. The van der Waals surface area contributed by atoms with Crippen LogP contribution in [0.5, 0.6) is 0 Å². The normalized spacial score (nSPS) is 12.4. The van der Waals surface area contributed by atoms with Gasteiger partial charge in [-0.25, -0.2) is 14.1 Å². The lowest BCUT2D eigenvalue weighted by molar-refractivity contribution is -0.615. The van der Waals surface area contributed by atoms with Crippen LogP contribution in [0.15, 0.2) is 49.2 Å². The fourth-order valence-electron chi connectivity index (χ4n) is 3.62. The number of nitrogens with two attached hydrogens (primary N) is 1. The van der Waals surface area contributed by atoms with Crippen LogP contribution in [0.1, 0.15) is 18.2 Å². The summed E-state index contributed by atoms with van der Waals surface area (Å²) in [6, 6.07) is 4.95. The van der Waals surface area contributed by atoms with E-state index in [0.717, 1.165) is 6.20 Å². The van der Waals surface area contributed by atoms with Gasteiger partial charge in [0, 0.05) is 37.0 Å². The molecule has 9 nitrogen and oxygen atoms in total. The standard InChI is InChI=1S/C21H19ClF3N7O2/c1-30-20(27-11-29-30)13-8-28-31(9-13)16(6-7-34-21(24)25)17-5-2-12(10-32(17)33)18-15(26)4-3-14(22)19(18)23/h2-5,8-11,16,21H,6-7,26H2,1H3/t16-/m0/s1. The number of benzene rings is 1. The molecular formula is C21H19ClF3N7O2. The lowest BCUT2D eigenvalue weighted by Crippen LogP contribution is -2.36. The van der Waals surface area contributed by atoms with Crippen LogP contribution in [0.4, 0.5) is 18.9 Å². The van der Waals surface area contributed by atoms with E-state index < -0.39 is 18.5 Å². The number of hydrogen-bond donors (Lipinski definition) is 1. The van der Waals surface area contributed by atoms with E-state index in [1.165, 1.54) is 41.5 Å². The van der Waals surface area contributed by atoms with Crippen molar-refractivity contribution in [3.63, 3.8) is 0 Å². The van der Waals surface area contributed by atoms with Crippen molar-refractivity contribution >= 4 is 17.3 Å². The van der Waals surface area contributed by atoms with Crippen molar-refractivity contribution in [3.8, 4) is 22.5 Å². The number of nitrogens with zero attached hydrogens (tertiary/aromatic N) is 6. The molecule has 1 atom stereocenters. The van der Waals surface area contributed by atoms with Gasteiger partial charge in [0.2, 0.25) is 5.69 Å². The third-order valence-corrected chi connectivity index (χ3v) is 5.52. The molecule has 3 heterocycles. The van der Waals surface area contributed by atoms with Gasteiger partial charge in [-0.15, -0.1) is 0 Å². The molecule has 0 spiro atoms. The summed E-state index contributed by atoms with van der Waals surface area (Å²) in [5, 5.41) is 21.1. The highest BCUT2D eigenvalue weighted by atomic mass is 35.5. The predicted octanol–water partition coefficient (Wildman–Crippen LogP) is 3.57. The number of hydrogen-bond acceptors (Lipinski definition) is 6. The number of aryl methyl sites for hydroxylation is 1. The van der Waals surface area contributed by atoms with Crippen molar-refractivity contribution in [1.82, 2.24) is 24.5 Å². The van der Waals surface area contributed by atoms with E-state index in [0.29, 0.717) is 16.1 Å². The van der Waals surface area contributed by atoms with E-state index in [1.807, 2.05) is 0 Å². The lowest BCUT2D eigenvalue weighted by atomic mass is 10.0. The Kier molecular flexibility index (Phi) is 6.70. The molecule has 0 fully saturated rings. The van der Waals surface area contributed by atoms with Crippen LogP contribution in [-0.4, -0.2) is 37.8 Å². The molecule has 13 heteroatoms. The molecular weight excluding hydrogens is 475 g/mol. The number of aromatic nitrogens is 6. The van der Waals surface area contributed by atoms with Gasteiger partial charge < -0.3 is 15.7 Å². The molecule has 0 amide bonds. The highest BCUT2D eigenvalue weighted by Gasteiger charge is 2.26. The van der Waals surface area contributed by atoms with Crippen LogP contribution in [0, 0.1) is 11.0 Å². The molecule has 0 bridgehead atoms. The average Bonchev–Trinajstić information content (AvgIpc) is 3.43. The summed E-state index contributed by atoms with van der Waals surface area (Å²) in [4.78, 5) is 4.15. The van der Waals surface area contributed by atoms with Crippen molar-refractivity contribution in [1.29, 1.82) is 0 Å². The third kappa shape index (κ3) is 4.68. The fraction of sp³-hybridized carbons (Fsp3) is 0.238. The molecule has 4 rings (SSSR count). The molecule has 0 aliphatic heterocycles. The quantitative estimate of drug-likeness (QED) is 0.228. The minimum Gasteiger partial charge on any atom is -0.618 e. The maximum Gasteiger partial charge on any atom is 0.345 e. The van der Waals surface area contributed by atoms with Gasteiger partial charge in [0.25, 0.3) is 0 Å². The van der Waals surface area contributed by atoms with Crippen molar-refractivity contribution in [2.75, 3.05) is 12.3 Å². The second kappa shape index (κ2) is 9.69. The first kappa shape index (κ1) is 23.5. The Bertz CT molecular complexity index is 1310. The minimum atomic E-state index is -2.96. The number of halogens is 4. The van der Waals surface area contributed by atoms with Crippen LogP contribution >= 0.6 is 11.6 Å². The van der Waals surface area contributed by atoms with E-state index >= 15 is 0 Å². The Hall–Kier alpha value is -3.64. The van der Waals surface area contributed by atoms with Crippen molar-refractivity contribution < 1.29 is 22.6 Å². The first-order valence-electron chi connectivity index (χ1n) is 10.0. The number of alkyl halides is 2. The zero-order valence-electron chi connectivity index (χ0n) is 17.8. The lowest BCUT2D eigenvalue weighted by Gasteiger charge is -2.18. The summed E-state index contributed by atoms with van der Waals surface area (Å²) in [6.45, 7) is -3.29. The van der Waals surface area contributed by atoms with Crippen molar-refractivity contribution in [3.05, 3.63) is 70.9 Å². The maximum atomic E-state index is 14.6. The van der Waals surface area contributed by atoms with E-state index in [2.05, 4.69) is 19.9 Å². The maximum absolute atomic E-state index is 14.6. The van der Waals surface area contributed by atoms with Crippen LogP contribution in [-0.2, 0) is 11.8 Å². The number of nitrogen functional groups attached to an aromatic ring is 1. The van der Waals surface area contributed by atoms with Crippen molar-refractivity contribution in [2.24, 2.45) is 7.05 Å². The molecule has 3 aromatic heterocycles. The number of rotatable bonds is 8. The summed E-state index contributed by atoms with van der Waals surface area (Å²) >= 11 is 5.86. The van der Waals surface area contributed by atoms with E-state index in [4.69, 9.17) is 17.3 Å². The van der Waals surface area contributed by atoms with Gasteiger partial charge in [-0.1, -0.05) is 11.6 Å². The van der Waals surface area contributed by atoms with Crippen molar-refractivity contribution in [2.45, 2.75) is 19.1 Å². The van der Waals surface area contributed by atoms with E-state index in [1.54, 1.807) is 17.9 Å². The minimum absolute atomic E-state index is 0.00936.